The third kappa shape index (κ3) is 3.62. The van der Waals surface area contributed by atoms with E-state index >= 15 is 0 Å². The Kier molecular flexibility index (Phi) is 5.20. The fourth-order valence-electron chi connectivity index (χ4n) is 3.20. The molecule has 3 rings (SSSR count). The first kappa shape index (κ1) is 16.6. The molecule has 2 N–H and O–H groups in total. The lowest BCUT2D eigenvalue weighted by molar-refractivity contribution is 0.127. The molecule has 0 aromatic carbocycles. The van der Waals surface area contributed by atoms with E-state index in [2.05, 4.69) is 15.5 Å². The van der Waals surface area contributed by atoms with Gasteiger partial charge in [-0.2, -0.15) is 5.10 Å². The molecular formula is C17H24N4O3. The predicted octanol–water partition coefficient (Wildman–Crippen LogP) is 2.94. The standard InChI is InChI=1S/C17H24N4O3/c1-12-6-7-16(24-12)14(11-23-2)20-17(22)21-8-4-3-5-15(21)13-9-18-19-10-13/h6-7,9-10,14-15H,3-5,8,11H2,1-2H3,(H,18,19)(H,20,22)/t14-,15-/m1/s1. The highest BCUT2D eigenvalue weighted by Gasteiger charge is 2.30. The van der Waals surface area contributed by atoms with Crippen LogP contribution < -0.4 is 5.32 Å². The molecule has 1 aliphatic rings. The number of nitrogens with zero attached hydrogens (tertiary/aromatic N) is 2. The number of likely N-dealkylation sites (tertiary alicyclic amines) is 1. The molecule has 1 fully saturated rings. The number of furan rings is 1. The van der Waals surface area contributed by atoms with Crippen molar-refractivity contribution in [2.24, 2.45) is 0 Å². The highest BCUT2D eigenvalue weighted by molar-refractivity contribution is 5.75. The second kappa shape index (κ2) is 7.53. The maximum Gasteiger partial charge on any atom is 0.318 e. The summed E-state index contributed by atoms with van der Waals surface area (Å²) in [7, 11) is 1.62. The minimum Gasteiger partial charge on any atom is -0.464 e. The number of methoxy groups -OCH3 is 1. The van der Waals surface area contributed by atoms with Gasteiger partial charge < -0.3 is 19.4 Å². The quantitative estimate of drug-likeness (QED) is 0.882. The Bertz CT molecular complexity index is 653. The highest BCUT2D eigenvalue weighted by atomic mass is 16.5. The van der Waals surface area contributed by atoms with Crippen molar-refractivity contribution in [3.63, 3.8) is 0 Å². The Labute approximate surface area is 141 Å². The molecule has 0 bridgehead atoms. The van der Waals surface area contributed by atoms with Crippen molar-refractivity contribution < 1.29 is 13.9 Å². The zero-order valence-corrected chi connectivity index (χ0v) is 14.1. The molecule has 2 atom stereocenters. The Morgan fingerprint density at radius 1 is 1.54 bits per heavy atom. The van der Waals surface area contributed by atoms with Crippen molar-refractivity contribution in [2.75, 3.05) is 20.3 Å². The van der Waals surface area contributed by atoms with Crippen LogP contribution in [0.1, 0.15) is 48.4 Å². The Morgan fingerprint density at radius 2 is 2.42 bits per heavy atom. The number of ether oxygens (including phenoxy) is 1. The number of nitrogens with one attached hydrogen (secondary N) is 2. The molecule has 7 heteroatoms. The minimum atomic E-state index is -0.303. The predicted molar refractivity (Wildman–Crippen MR) is 88.5 cm³/mol. The fourth-order valence-corrected chi connectivity index (χ4v) is 3.20. The van der Waals surface area contributed by atoms with Crippen LogP contribution in [0.25, 0.3) is 0 Å². The fraction of sp³-hybridized carbons (Fsp3) is 0.529. The lowest BCUT2D eigenvalue weighted by Gasteiger charge is -2.36. The molecule has 7 nitrogen and oxygen atoms in total. The van der Waals surface area contributed by atoms with Crippen molar-refractivity contribution in [3.8, 4) is 0 Å². The highest BCUT2D eigenvalue weighted by Crippen LogP contribution is 2.30. The van der Waals surface area contributed by atoms with Crippen LogP contribution >= 0.6 is 0 Å². The summed E-state index contributed by atoms with van der Waals surface area (Å²) in [5.41, 5.74) is 1.04. The largest absolute Gasteiger partial charge is 0.464 e. The molecule has 3 heterocycles. The van der Waals surface area contributed by atoms with Gasteiger partial charge in [-0.3, -0.25) is 5.10 Å². The molecule has 130 valence electrons. The van der Waals surface area contributed by atoms with E-state index in [1.807, 2.05) is 30.2 Å². The van der Waals surface area contributed by atoms with Gasteiger partial charge >= 0.3 is 6.03 Å². The van der Waals surface area contributed by atoms with Crippen LogP contribution in [-0.2, 0) is 4.74 Å². The van der Waals surface area contributed by atoms with Gasteiger partial charge in [0.25, 0.3) is 0 Å². The second-order valence-electron chi connectivity index (χ2n) is 6.14. The van der Waals surface area contributed by atoms with Crippen LogP contribution in [0.3, 0.4) is 0 Å². The number of aromatic amines is 1. The first-order chi connectivity index (χ1) is 11.7. The molecule has 0 radical (unpaired) electrons. The van der Waals surface area contributed by atoms with Gasteiger partial charge in [0.15, 0.2) is 0 Å². The number of piperidine rings is 1. The number of H-pyrrole nitrogens is 1. The molecule has 0 spiro atoms. The first-order valence-electron chi connectivity index (χ1n) is 8.30. The Balaban J connectivity index is 1.73. The maximum atomic E-state index is 12.9. The molecule has 24 heavy (non-hydrogen) atoms. The number of hydrogen-bond donors (Lipinski definition) is 2. The van der Waals surface area contributed by atoms with Crippen LogP contribution in [0.15, 0.2) is 28.9 Å². The van der Waals surface area contributed by atoms with Gasteiger partial charge in [0.05, 0.1) is 18.8 Å². The second-order valence-corrected chi connectivity index (χ2v) is 6.14. The summed E-state index contributed by atoms with van der Waals surface area (Å²) in [6.07, 6.45) is 6.72. The van der Waals surface area contributed by atoms with Crippen molar-refractivity contribution in [2.45, 2.75) is 38.3 Å². The molecular weight excluding hydrogens is 308 g/mol. The summed E-state index contributed by atoms with van der Waals surface area (Å²) in [4.78, 5) is 14.7. The topological polar surface area (TPSA) is 83.4 Å². The van der Waals surface area contributed by atoms with Gasteiger partial charge in [0.1, 0.15) is 17.6 Å². The minimum absolute atomic E-state index is 0.0547. The van der Waals surface area contributed by atoms with Crippen molar-refractivity contribution in [1.29, 1.82) is 0 Å². The van der Waals surface area contributed by atoms with E-state index in [1.54, 1.807) is 13.3 Å². The van der Waals surface area contributed by atoms with E-state index in [9.17, 15) is 4.79 Å². The SMILES string of the molecule is COC[C@@H](NC(=O)N1CCCC[C@@H]1c1cn[nH]c1)c1ccc(C)o1. The number of aryl methyl sites for hydroxylation is 1. The lowest BCUT2D eigenvalue weighted by atomic mass is 9.98. The summed E-state index contributed by atoms with van der Waals surface area (Å²) < 4.78 is 10.9. The van der Waals surface area contributed by atoms with E-state index in [0.717, 1.165) is 37.1 Å². The Hall–Kier alpha value is -2.28. The van der Waals surface area contributed by atoms with E-state index in [4.69, 9.17) is 9.15 Å². The van der Waals surface area contributed by atoms with Crippen molar-refractivity contribution in [1.82, 2.24) is 20.4 Å². The molecule has 1 aliphatic heterocycles. The van der Waals surface area contributed by atoms with Crippen molar-refractivity contribution >= 4 is 6.03 Å². The van der Waals surface area contributed by atoms with Crippen LogP contribution in [0.5, 0.6) is 0 Å². The van der Waals surface area contributed by atoms with Gasteiger partial charge in [0.2, 0.25) is 0 Å². The smallest absolute Gasteiger partial charge is 0.318 e. The molecule has 0 unspecified atom stereocenters. The van der Waals surface area contributed by atoms with Crippen LogP contribution in [0.2, 0.25) is 0 Å². The van der Waals surface area contributed by atoms with Gasteiger partial charge in [-0.25, -0.2) is 4.79 Å². The van der Waals surface area contributed by atoms with Gasteiger partial charge in [0, 0.05) is 25.4 Å². The van der Waals surface area contributed by atoms with E-state index in [1.165, 1.54) is 0 Å². The number of amides is 2. The summed E-state index contributed by atoms with van der Waals surface area (Å²) in [6.45, 7) is 2.98. The Morgan fingerprint density at radius 3 is 3.08 bits per heavy atom. The van der Waals surface area contributed by atoms with Crippen LogP contribution in [-0.4, -0.2) is 41.4 Å². The number of rotatable bonds is 5. The zero-order chi connectivity index (χ0) is 16.9. The third-order valence-corrected chi connectivity index (χ3v) is 4.40. The summed E-state index contributed by atoms with van der Waals surface area (Å²) in [6, 6.07) is 3.42. The van der Waals surface area contributed by atoms with E-state index in [-0.39, 0.29) is 18.1 Å². The van der Waals surface area contributed by atoms with E-state index < -0.39 is 0 Å². The number of carbonyl (C=O) groups is 1. The molecule has 2 aromatic heterocycles. The van der Waals surface area contributed by atoms with Gasteiger partial charge in [-0.15, -0.1) is 0 Å². The molecule has 2 aromatic rings. The summed E-state index contributed by atoms with van der Waals surface area (Å²) in [5.74, 6) is 1.52. The number of hydrogen-bond acceptors (Lipinski definition) is 4. The van der Waals surface area contributed by atoms with Crippen LogP contribution in [0.4, 0.5) is 4.79 Å². The summed E-state index contributed by atoms with van der Waals surface area (Å²) >= 11 is 0. The average molecular weight is 332 g/mol. The number of carbonyl (C=O) groups excluding carboxylic acids is 1. The van der Waals surface area contributed by atoms with Gasteiger partial charge in [-0.05, 0) is 38.3 Å². The molecule has 0 saturated carbocycles. The maximum absolute atomic E-state index is 12.9. The molecule has 1 saturated heterocycles. The summed E-state index contributed by atoms with van der Waals surface area (Å²) in [5, 5.41) is 9.89. The van der Waals surface area contributed by atoms with Crippen LogP contribution in [0, 0.1) is 6.92 Å². The van der Waals surface area contributed by atoms with E-state index in [0.29, 0.717) is 12.4 Å². The number of urea groups is 1. The number of aromatic nitrogens is 2. The monoisotopic (exact) mass is 332 g/mol. The first-order valence-corrected chi connectivity index (χ1v) is 8.30. The average Bonchev–Trinajstić information content (AvgIpc) is 3.26. The third-order valence-electron chi connectivity index (χ3n) is 4.40. The zero-order valence-electron chi connectivity index (χ0n) is 14.1. The normalized spacial score (nSPS) is 19.2. The van der Waals surface area contributed by atoms with Gasteiger partial charge in [-0.1, -0.05) is 0 Å². The molecule has 0 aliphatic carbocycles. The van der Waals surface area contributed by atoms with Crippen molar-refractivity contribution in [3.05, 3.63) is 41.6 Å². The lowest BCUT2D eigenvalue weighted by Crippen LogP contribution is -2.46. The molecule has 2 amide bonds.